The minimum Gasteiger partial charge on any atom is -0.349 e. The number of aryl methyl sites for hydroxylation is 1. The Kier molecular flexibility index (Phi) is 6.29. The maximum atomic E-state index is 12.7. The van der Waals surface area contributed by atoms with Crippen molar-refractivity contribution in [3.8, 4) is 0 Å². The van der Waals surface area contributed by atoms with Gasteiger partial charge in [0.1, 0.15) is 17.8 Å². The van der Waals surface area contributed by atoms with Gasteiger partial charge in [0.2, 0.25) is 0 Å². The molecule has 4 N–H and O–H groups in total. The first kappa shape index (κ1) is 20.0. The van der Waals surface area contributed by atoms with Crippen molar-refractivity contribution < 1.29 is 4.79 Å². The molecule has 27 heavy (non-hydrogen) atoms. The average Bonchev–Trinajstić information content (AvgIpc) is 3.03. The van der Waals surface area contributed by atoms with Gasteiger partial charge in [0.15, 0.2) is 0 Å². The van der Waals surface area contributed by atoms with Gasteiger partial charge in [-0.2, -0.15) is 0 Å². The Balaban J connectivity index is 0.00000210. The van der Waals surface area contributed by atoms with Gasteiger partial charge in [-0.3, -0.25) is 4.79 Å². The van der Waals surface area contributed by atoms with Crippen molar-refractivity contribution >= 4 is 46.9 Å². The molecule has 2 atom stereocenters. The minimum atomic E-state index is -0.00473. The standard InChI is InChI=1S/C18H24N6OS.ClH/c1-11-8-20-16-15(11)17(22-10-21-16)24-5-6-26-14(9-24)18(25)23-13-4-2-3-12(19)7-13;/h8-10,12-13H,2-7,19H2,1H3,(H,23,25)(H,20,21,22);1H/t12-,13-;/m0./s1. The summed E-state index contributed by atoms with van der Waals surface area (Å²) in [4.78, 5) is 27.4. The van der Waals surface area contributed by atoms with Crippen molar-refractivity contribution in [3.05, 3.63) is 29.2 Å². The lowest BCUT2D eigenvalue weighted by molar-refractivity contribution is -0.117. The van der Waals surface area contributed by atoms with E-state index in [1.807, 2.05) is 19.3 Å². The van der Waals surface area contributed by atoms with Crippen molar-refractivity contribution in [3.63, 3.8) is 0 Å². The Morgan fingerprint density at radius 1 is 1.41 bits per heavy atom. The molecule has 1 fully saturated rings. The van der Waals surface area contributed by atoms with E-state index in [9.17, 15) is 4.79 Å². The van der Waals surface area contributed by atoms with Crippen LogP contribution in [0.5, 0.6) is 0 Å². The second-order valence-electron chi connectivity index (χ2n) is 7.02. The van der Waals surface area contributed by atoms with E-state index in [-0.39, 0.29) is 30.4 Å². The molecule has 7 nitrogen and oxygen atoms in total. The predicted molar refractivity (Wildman–Crippen MR) is 112 cm³/mol. The third-order valence-electron chi connectivity index (χ3n) is 5.06. The molecule has 146 valence electrons. The SMILES string of the molecule is Cc1c[nH]c2ncnc(N3C=C(C(=O)N[C@H]4CCC[C@H](N)C4)SCC3)c12.Cl. The van der Waals surface area contributed by atoms with Gasteiger partial charge in [-0.05, 0) is 38.2 Å². The Labute approximate surface area is 169 Å². The number of aromatic nitrogens is 3. The van der Waals surface area contributed by atoms with Gasteiger partial charge in [-0.1, -0.05) is 0 Å². The van der Waals surface area contributed by atoms with Crippen LogP contribution < -0.4 is 16.0 Å². The molecular weight excluding hydrogens is 384 g/mol. The van der Waals surface area contributed by atoms with E-state index >= 15 is 0 Å². The van der Waals surface area contributed by atoms with Gasteiger partial charge in [0.05, 0.1) is 10.3 Å². The lowest BCUT2D eigenvalue weighted by Gasteiger charge is -2.29. The van der Waals surface area contributed by atoms with Gasteiger partial charge in [0.25, 0.3) is 5.91 Å². The van der Waals surface area contributed by atoms with Crippen LogP contribution in [0.1, 0.15) is 31.2 Å². The smallest absolute Gasteiger partial charge is 0.259 e. The van der Waals surface area contributed by atoms with Gasteiger partial charge in [-0.15, -0.1) is 24.2 Å². The molecule has 1 aliphatic carbocycles. The molecule has 0 bridgehead atoms. The van der Waals surface area contributed by atoms with Crippen LogP contribution in [-0.4, -0.2) is 45.2 Å². The number of halogens is 1. The molecule has 0 unspecified atom stereocenters. The quantitative estimate of drug-likeness (QED) is 0.721. The Hall–Kier alpha value is -1.77. The Morgan fingerprint density at radius 3 is 3.07 bits per heavy atom. The molecular formula is C18H25ClN6OS. The highest BCUT2D eigenvalue weighted by Crippen LogP contribution is 2.31. The molecule has 1 amide bonds. The van der Waals surface area contributed by atoms with Gasteiger partial charge < -0.3 is 20.9 Å². The summed E-state index contributed by atoms with van der Waals surface area (Å²) in [5.74, 6) is 1.69. The van der Waals surface area contributed by atoms with Crippen molar-refractivity contribution in [1.29, 1.82) is 0 Å². The van der Waals surface area contributed by atoms with Crippen LogP contribution in [-0.2, 0) is 4.79 Å². The highest BCUT2D eigenvalue weighted by molar-refractivity contribution is 8.04. The summed E-state index contributed by atoms with van der Waals surface area (Å²) in [5.41, 5.74) is 7.96. The number of carbonyl (C=O) groups is 1. The zero-order chi connectivity index (χ0) is 18.1. The number of anilines is 1. The highest BCUT2D eigenvalue weighted by Gasteiger charge is 2.25. The molecule has 2 aromatic rings. The van der Waals surface area contributed by atoms with Crippen LogP contribution in [0, 0.1) is 6.92 Å². The molecule has 3 heterocycles. The number of rotatable bonds is 3. The third-order valence-corrected chi connectivity index (χ3v) is 6.04. The topological polar surface area (TPSA) is 99.9 Å². The van der Waals surface area contributed by atoms with Crippen LogP contribution in [0.3, 0.4) is 0 Å². The zero-order valence-corrected chi connectivity index (χ0v) is 16.9. The van der Waals surface area contributed by atoms with Crippen LogP contribution in [0.2, 0.25) is 0 Å². The number of carbonyl (C=O) groups excluding carboxylic acids is 1. The number of nitrogens with zero attached hydrogens (tertiary/aromatic N) is 3. The van der Waals surface area contributed by atoms with E-state index in [0.29, 0.717) is 0 Å². The lowest BCUT2D eigenvalue weighted by atomic mass is 9.91. The number of H-pyrrole nitrogens is 1. The van der Waals surface area contributed by atoms with E-state index < -0.39 is 0 Å². The first-order chi connectivity index (χ1) is 12.6. The first-order valence-electron chi connectivity index (χ1n) is 9.08. The van der Waals surface area contributed by atoms with E-state index in [0.717, 1.165) is 65.3 Å². The maximum Gasteiger partial charge on any atom is 0.259 e. The van der Waals surface area contributed by atoms with E-state index in [2.05, 4.69) is 25.2 Å². The van der Waals surface area contributed by atoms with Crippen molar-refractivity contribution in [1.82, 2.24) is 20.3 Å². The molecule has 2 aliphatic rings. The number of aromatic amines is 1. The van der Waals surface area contributed by atoms with Crippen molar-refractivity contribution in [2.75, 3.05) is 17.2 Å². The zero-order valence-electron chi connectivity index (χ0n) is 15.3. The molecule has 0 radical (unpaired) electrons. The van der Waals surface area contributed by atoms with Crippen LogP contribution in [0.4, 0.5) is 5.82 Å². The van der Waals surface area contributed by atoms with E-state index in [1.54, 1.807) is 18.1 Å². The molecule has 0 aromatic carbocycles. The van der Waals surface area contributed by atoms with Crippen LogP contribution in [0.15, 0.2) is 23.6 Å². The molecule has 4 rings (SSSR count). The highest BCUT2D eigenvalue weighted by atomic mass is 35.5. The Bertz CT molecular complexity index is 853. The second-order valence-corrected chi connectivity index (χ2v) is 8.16. The van der Waals surface area contributed by atoms with Crippen molar-refractivity contribution in [2.24, 2.45) is 5.73 Å². The maximum absolute atomic E-state index is 12.7. The van der Waals surface area contributed by atoms with Gasteiger partial charge >= 0.3 is 0 Å². The number of hydrogen-bond acceptors (Lipinski definition) is 6. The monoisotopic (exact) mass is 408 g/mol. The largest absolute Gasteiger partial charge is 0.349 e. The lowest BCUT2D eigenvalue weighted by Crippen LogP contribution is -2.43. The number of nitrogens with one attached hydrogen (secondary N) is 2. The number of amides is 1. The van der Waals surface area contributed by atoms with E-state index in [4.69, 9.17) is 5.73 Å². The second kappa shape index (κ2) is 8.50. The summed E-state index contributed by atoms with van der Waals surface area (Å²) in [7, 11) is 0. The molecule has 0 saturated heterocycles. The van der Waals surface area contributed by atoms with E-state index in [1.165, 1.54) is 0 Å². The molecule has 1 saturated carbocycles. The first-order valence-corrected chi connectivity index (χ1v) is 10.1. The molecule has 1 aliphatic heterocycles. The fourth-order valence-electron chi connectivity index (χ4n) is 3.72. The average molecular weight is 409 g/mol. The molecule has 0 spiro atoms. The van der Waals surface area contributed by atoms with Crippen molar-refractivity contribution in [2.45, 2.75) is 44.7 Å². The summed E-state index contributed by atoms with van der Waals surface area (Å²) < 4.78 is 0. The summed E-state index contributed by atoms with van der Waals surface area (Å²) in [5, 5.41) is 4.17. The fourth-order valence-corrected chi connectivity index (χ4v) is 4.62. The summed E-state index contributed by atoms with van der Waals surface area (Å²) in [6.45, 7) is 2.85. The van der Waals surface area contributed by atoms with Crippen LogP contribution in [0.25, 0.3) is 11.0 Å². The minimum absolute atomic E-state index is 0. The third kappa shape index (κ3) is 4.23. The normalized spacial score (nSPS) is 22.9. The molecule has 9 heteroatoms. The summed E-state index contributed by atoms with van der Waals surface area (Å²) in [6, 6.07) is 0.380. The van der Waals surface area contributed by atoms with Gasteiger partial charge in [0, 0.05) is 36.8 Å². The van der Waals surface area contributed by atoms with Crippen LogP contribution >= 0.6 is 24.2 Å². The Morgan fingerprint density at radius 2 is 2.26 bits per heavy atom. The van der Waals surface area contributed by atoms with Gasteiger partial charge in [-0.25, -0.2) is 9.97 Å². The number of hydrogen-bond donors (Lipinski definition) is 3. The predicted octanol–water partition coefficient (Wildman–Crippen LogP) is 2.47. The fraction of sp³-hybridized carbons (Fsp3) is 0.500. The number of nitrogens with two attached hydrogens (primary N) is 1. The summed E-state index contributed by atoms with van der Waals surface area (Å²) >= 11 is 1.60. The summed E-state index contributed by atoms with van der Waals surface area (Å²) in [6.07, 6.45) is 9.42. The number of fused-ring (bicyclic) bond motifs is 1. The number of thioether (sulfide) groups is 1. The molecule has 2 aromatic heterocycles.